The molecule has 0 aliphatic heterocycles. The van der Waals surface area contributed by atoms with Gasteiger partial charge in [0.1, 0.15) is 0 Å². The molecule has 70 valence electrons. The van der Waals surface area contributed by atoms with Crippen LogP contribution in [0.5, 0.6) is 0 Å². The number of halogens is 2. The van der Waals surface area contributed by atoms with Crippen molar-refractivity contribution in [2.45, 2.75) is 20.0 Å². The Kier molecular flexibility index (Phi) is 5.59. The summed E-state index contributed by atoms with van der Waals surface area (Å²) >= 11 is 11.7. The molecule has 0 fully saturated rings. The summed E-state index contributed by atoms with van der Waals surface area (Å²) in [6, 6.07) is 0. The van der Waals surface area contributed by atoms with Crippen molar-refractivity contribution in [3.8, 4) is 0 Å². The molecule has 4 radical (unpaired) electrons. The first-order chi connectivity index (χ1) is 5.54. The number of aromatic nitrogens is 1. The summed E-state index contributed by atoms with van der Waals surface area (Å²) in [7, 11) is 0. The third-order valence-corrected chi connectivity index (χ3v) is 2.38. The maximum absolute atomic E-state index is 9.31. The normalized spacial score (nSPS) is 12.1. The van der Waals surface area contributed by atoms with E-state index >= 15 is 0 Å². The second-order valence-corrected chi connectivity index (χ2v) is 3.38. The fourth-order valence-corrected chi connectivity index (χ4v) is 1.62. The molecule has 1 heterocycles. The van der Waals surface area contributed by atoms with Crippen LogP contribution in [-0.2, 0) is 0 Å². The number of aliphatic hydroxyl groups is 1. The average molecular weight is 325 g/mol. The number of aliphatic hydroxyl groups excluding tert-OH is 1. The van der Waals surface area contributed by atoms with Crippen molar-refractivity contribution in [1.82, 2.24) is 4.98 Å². The first-order valence-electron chi connectivity index (χ1n) is 3.52. The molecule has 2 nitrogen and oxygen atoms in total. The van der Waals surface area contributed by atoms with E-state index in [2.05, 4.69) is 4.98 Å². The number of rotatable bonds is 1. The first-order valence-corrected chi connectivity index (χ1v) is 4.28. The number of hydrogen-bond donors (Lipinski definition) is 1. The first kappa shape index (κ1) is 13.5. The van der Waals surface area contributed by atoms with Crippen LogP contribution < -0.4 is 0 Å². The third-order valence-electron chi connectivity index (χ3n) is 1.60. The zero-order valence-corrected chi connectivity index (χ0v) is 11.7. The smallest absolute Gasteiger partial charge is 0.0792 e. The van der Waals surface area contributed by atoms with Crippen molar-refractivity contribution >= 4 is 47.1 Å². The van der Waals surface area contributed by atoms with Crippen LogP contribution in [0.15, 0.2) is 6.20 Å². The van der Waals surface area contributed by atoms with Gasteiger partial charge in [0, 0.05) is 35.7 Å². The molecule has 0 bridgehead atoms. The largest absolute Gasteiger partial charge is 0.389 e. The van der Waals surface area contributed by atoms with E-state index in [9.17, 15) is 5.11 Å². The van der Waals surface area contributed by atoms with Gasteiger partial charge in [0.2, 0.25) is 0 Å². The average Bonchev–Trinajstić information content (AvgIpc) is 1.97. The van der Waals surface area contributed by atoms with Gasteiger partial charge in [0.25, 0.3) is 0 Å². The Morgan fingerprint density at radius 3 is 2.38 bits per heavy atom. The van der Waals surface area contributed by atoms with Gasteiger partial charge in [-0.25, -0.2) is 0 Å². The molecule has 0 saturated heterocycles. The van der Waals surface area contributed by atoms with Crippen molar-refractivity contribution in [2.24, 2.45) is 0 Å². The molecule has 1 aromatic heterocycles. The SMILES string of the molecule is Cc1ncc(Cl)c([C@@H](C)O)c1Cl.[Sn]. The van der Waals surface area contributed by atoms with Gasteiger partial charge in [0.05, 0.1) is 21.8 Å². The topological polar surface area (TPSA) is 33.1 Å². The van der Waals surface area contributed by atoms with Crippen molar-refractivity contribution < 1.29 is 5.11 Å². The van der Waals surface area contributed by atoms with E-state index in [4.69, 9.17) is 23.2 Å². The van der Waals surface area contributed by atoms with Gasteiger partial charge in [-0.3, -0.25) is 4.98 Å². The summed E-state index contributed by atoms with van der Waals surface area (Å²) in [6.45, 7) is 3.39. The number of aryl methyl sites for hydroxylation is 1. The Morgan fingerprint density at radius 2 is 2.00 bits per heavy atom. The van der Waals surface area contributed by atoms with E-state index in [1.807, 2.05) is 0 Å². The summed E-state index contributed by atoms with van der Waals surface area (Å²) in [6.07, 6.45) is 0.830. The van der Waals surface area contributed by atoms with Gasteiger partial charge in [-0.1, -0.05) is 23.2 Å². The molecule has 0 amide bonds. The summed E-state index contributed by atoms with van der Waals surface area (Å²) in [5, 5.41) is 10.2. The molecule has 0 aliphatic carbocycles. The van der Waals surface area contributed by atoms with Crippen LogP contribution in [0.25, 0.3) is 0 Å². The van der Waals surface area contributed by atoms with Crippen LogP contribution in [0.2, 0.25) is 10.0 Å². The molecule has 0 saturated carbocycles. The number of nitrogens with zero attached hydrogens (tertiary/aromatic N) is 1. The molecule has 0 unspecified atom stereocenters. The molecule has 13 heavy (non-hydrogen) atoms. The molecular formula is C8H9Cl2NOSn. The van der Waals surface area contributed by atoms with Crippen LogP contribution in [0, 0.1) is 6.92 Å². The van der Waals surface area contributed by atoms with Gasteiger partial charge < -0.3 is 5.11 Å². The van der Waals surface area contributed by atoms with Gasteiger partial charge in [-0.15, -0.1) is 0 Å². The molecule has 0 aromatic carbocycles. The predicted octanol–water partition coefficient (Wildman–Crippen LogP) is 2.37. The van der Waals surface area contributed by atoms with E-state index in [0.717, 1.165) is 0 Å². The van der Waals surface area contributed by atoms with Crippen LogP contribution in [0.3, 0.4) is 0 Å². The predicted molar refractivity (Wildman–Crippen MR) is 55.4 cm³/mol. The Morgan fingerprint density at radius 1 is 1.46 bits per heavy atom. The van der Waals surface area contributed by atoms with E-state index in [1.165, 1.54) is 6.20 Å². The van der Waals surface area contributed by atoms with E-state index in [0.29, 0.717) is 21.3 Å². The summed E-state index contributed by atoms with van der Waals surface area (Å²) in [5.74, 6) is 0. The Bertz CT molecular complexity index is 304. The molecular weight excluding hydrogens is 316 g/mol. The van der Waals surface area contributed by atoms with Crippen molar-refractivity contribution in [1.29, 1.82) is 0 Å². The molecule has 1 aromatic rings. The minimum absolute atomic E-state index is 0. The quantitative estimate of drug-likeness (QED) is 0.805. The van der Waals surface area contributed by atoms with Crippen molar-refractivity contribution in [3.63, 3.8) is 0 Å². The van der Waals surface area contributed by atoms with E-state index < -0.39 is 6.10 Å². The zero-order valence-electron chi connectivity index (χ0n) is 7.31. The Balaban J connectivity index is 0.00000144. The fraction of sp³-hybridized carbons (Fsp3) is 0.375. The van der Waals surface area contributed by atoms with Crippen molar-refractivity contribution in [2.75, 3.05) is 0 Å². The molecule has 1 rings (SSSR count). The standard InChI is InChI=1S/C8H9Cl2NO.Sn/c1-4-8(10)7(5(2)12)6(9)3-11-4;/h3,5,12H,1-2H3;/t5-;/m1./s1. The number of hydrogen-bond acceptors (Lipinski definition) is 2. The van der Waals surface area contributed by atoms with Crippen LogP contribution >= 0.6 is 23.2 Å². The minimum Gasteiger partial charge on any atom is -0.389 e. The maximum atomic E-state index is 9.31. The second-order valence-electron chi connectivity index (χ2n) is 2.60. The zero-order chi connectivity index (χ0) is 9.30. The van der Waals surface area contributed by atoms with Gasteiger partial charge >= 0.3 is 0 Å². The Hall–Kier alpha value is 0.489. The van der Waals surface area contributed by atoms with Gasteiger partial charge in [0.15, 0.2) is 0 Å². The third kappa shape index (κ3) is 2.98. The summed E-state index contributed by atoms with van der Waals surface area (Å²) in [4.78, 5) is 3.95. The minimum atomic E-state index is -0.660. The molecule has 0 aliphatic rings. The summed E-state index contributed by atoms with van der Waals surface area (Å²) < 4.78 is 0. The van der Waals surface area contributed by atoms with E-state index in [-0.39, 0.29) is 23.9 Å². The monoisotopic (exact) mass is 325 g/mol. The molecule has 1 N–H and O–H groups in total. The molecule has 0 spiro atoms. The second kappa shape index (κ2) is 5.39. The molecule has 5 heteroatoms. The van der Waals surface area contributed by atoms with E-state index in [1.54, 1.807) is 13.8 Å². The Labute approximate surface area is 104 Å². The van der Waals surface area contributed by atoms with Gasteiger partial charge in [-0.2, -0.15) is 0 Å². The van der Waals surface area contributed by atoms with Crippen LogP contribution in [0.1, 0.15) is 24.3 Å². The maximum Gasteiger partial charge on any atom is 0.0792 e. The summed E-state index contributed by atoms with van der Waals surface area (Å²) in [5.41, 5.74) is 1.22. The van der Waals surface area contributed by atoms with Gasteiger partial charge in [-0.05, 0) is 13.8 Å². The van der Waals surface area contributed by atoms with Crippen LogP contribution in [-0.4, -0.2) is 34.0 Å². The fourth-order valence-electron chi connectivity index (χ4n) is 0.962. The number of pyridine rings is 1. The molecule has 1 atom stereocenters. The van der Waals surface area contributed by atoms with Crippen LogP contribution in [0.4, 0.5) is 0 Å². The van der Waals surface area contributed by atoms with Crippen molar-refractivity contribution in [3.05, 3.63) is 27.5 Å².